The smallest absolute Gasteiger partial charge is 0.224 e. The third-order valence-electron chi connectivity index (χ3n) is 5.27. The fraction of sp³-hybridized carbons (Fsp3) is 0.632. The van der Waals surface area contributed by atoms with Crippen molar-refractivity contribution in [2.24, 2.45) is 5.92 Å². The Balaban J connectivity index is 1.49. The lowest BCUT2D eigenvalue weighted by molar-refractivity contribution is -0.116. The van der Waals surface area contributed by atoms with Gasteiger partial charge in [-0.25, -0.2) is 12.7 Å². The maximum absolute atomic E-state index is 12.4. The molecule has 1 aromatic carbocycles. The molecule has 1 amide bonds. The van der Waals surface area contributed by atoms with Crippen molar-refractivity contribution in [2.75, 3.05) is 25.5 Å². The quantitative estimate of drug-likeness (QED) is 0.789. The lowest BCUT2D eigenvalue weighted by atomic mass is 9.94. The Labute approximate surface area is 156 Å². The maximum atomic E-state index is 12.4. The van der Waals surface area contributed by atoms with Gasteiger partial charge in [0, 0.05) is 25.2 Å². The summed E-state index contributed by atoms with van der Waals surface area (Å²) in [7, 11) is -1.49. The average molecular weight is 381 g/mol. The van der Waals surface area contributed by atoms with E-state index in [-0.39, 0.29) is 17.1 Å². The number of hydrogen-bond donors (Lipinski definition) is 1. The second-order valence-electron chi connectivity index (χ2n) is 7.38. The first kappa shape index (κ1) is 19.2. The van der Waals surface area contributed by atoms with Gasteiger partial charge < -0.3 is 10.1 Å². The van der Waals surface area contributed by atoms with E-state index in [9.17, 15) is 13.2 Å². The van der Waals surface area contributed by atoms with E-state index >= 15 is 0 Å². The van der Waals surface area contributed by atoms with Gasteiger partial charge in [-0.2, -0.15) is 0 Å². The number of nitrogens with one attached hydrogen (secondary N) is 1. The number of aryl methyl sites for hydroxylation is 1. The van der Waals surface area contributed by atoms with Gasteiger partial charge in [0.1, 0.15) is 5.75 Å². The molecule has 1 saturated carbocycles. The number of sulfonamides is 1. The van der Waals surface area contributed by atoms with Crippen molar-refractivity contribution in [3.8, 4) is 5.75 Å². The van der Waals surface area contributed by atoms with Crippen LogP contribution in [0.2, 0.25) is 0 Å². The van der Waals surface area contributed by atoms with Crippen LogP contribution in [0.25, 0.3) is 0 Å². The van der Waals surface area contributed by atoms with E-state index in [1.807, 2.05) is 25.1 Å². The number of rotatable bonds is 7. The number of carbonyl (C=O) groups excluding carboxylic acids is 1. The molecule has 7 heteroatoms. The van der Waals surface area contributed by atoms with E-state index in [4.69, 9.17) is 4.74 Å². The monoisotopic (exact) mass is 380 g/mol. The molecule has 1 aliphatic heterocycles. The van der Waals surface area contributed by atoms with Crippen molar-refractivity contribution in [3.63, 3.8) is 0 Å². The van der Waals surface area contributed by atoms with E-state index in [0.29, 0.717) is 19.5 Å². The van der Waals surface area contributed by atoms with Crippen LogP contribution in [0.3, 0.4) is 0 Å². The number of piperidine rings is 1. The summed E-state index contributed by atoms with van der Waals surface area (Å²) in [5.41, 5.74) is 1.74. The van der Waals surface area contributed by atoms with Gasteiger partial charge in [-0.1, -0.05) is 0 Å². The highest BCUT2D eigenvalue weighted by Crippen LogP contribution is 2.34. The van der Waals surface area contributed by atoms with Gasteiger partial charge in [0.15, 0.2) is 0 Å². The summed E-state index contributed by atoms with van der Waals surface area (Å²) < 4.78 is 31.6. The van der Waals surface area contributed by atoms with E-state index in [2.05, 4.69) is 5.32 Å². The van der Waals surface area contributed by atoms with Crippen molar-refractivity contribution >= 4 is 21.6 Å². The SMILES string of the molecule is COc1ccc(NC(=O)CC[C@@H]2CCCN(S(=O)(=O)C3CC3)C2)c(C)c1. The van der Waals surface area contributed by atoms with Gasteiger partial charge in [-0.3, -0.25) is 4.79 Å². The molecule has 26 heavy (non-hydrogen) atoms. The second-order valence-corrected chi connectivity index (χ2v) is 9.59. The third kappa shape index (κ3) is 4.57. The highest BCUT2D eigenvalue weighted by Gasteiger charge is 2.41. The fourth-order valence-electron chi connectivity index (χ4n) is 3.52. The van der Waals surface area contributed by atoms with E-state index in [1.165, 1.54) is 0 Å². The summed E-state index contributed by atoms with van der Waals surface area (Å²) in [6.07, 6.45) is 4.60. The minimum absolute atomic E-state index is 0.0274. The van der Waals surface area contributed by atoms with Crippen molar-refractivity contribution in [1.82, 2.24) is 4.31 Å². The van der Waals surface area contributed by atoms with Gasteiger partial charge in [-0.15, -0.1) is 0 Å². The standard InChI is InChI=1S/C19H28N2O4S/c1-14-12-16(25-2)6-9-18(14)20-19(22)10-5-15-4-3-11-21(13-15)26(23,24)17-7-8-17/h6,9,12,15,17H,3-5,7-8,10-11,13H2,1-2H3,(H,20,22)/t15-/m0/s1. The molecule has 2 aliphatic rings. The zero-order chi connectivity index (χ0) is 18.7. The molecule has 3 rings (SSSR count). The lowest BCUT2D eigenvalue weighted by Gasteiger charge is -2.32. The Morgan fingerprint density at radius 1 is 1.31 bits per heavy atom. The second kappa shape index (κ2) is 7.96. The number of amides is 1. The van der Waals surface area contributed by atoms with Gasteiger partial charge in [-0.05, 0) is 68.7 Å². The number of carbonyl (C=O) groups is 1. The van der Waals surface area contributed by atoms with Crippen molar-refractivity contribution in [1.29, 1.82) is 0 Å². The van der Waals surface area contributed by atoms with Crippen LogP contribution in [-0.4, -0.2) is 44.1 Å². The molecule has 6 nitrogen and oxygen atoms in total. The van der Waals surface area contributed by atoms with Crippen LogP contribution >= 0.6 is 0 Å². The molecule has 1 saturated heterocycles. The predicted molar refractivity (Wildman–Crippen MR) is 102 cm³/mol. The molecule has 0 radical (unpaired) electrons. The Kier molecular flexibility index (Phi) is 5.87. The third-order valence-corrected chi connectivity index (χ3v) is 7.64. The molecule has 1 N–H and O–H groups in total. The normalized spacial score (nSPS) is 21.4. The Hall–Kier alpha value is -1.60. The first-order chi connectivity index (χ1) is 12.4. The van der Waals surface area contributed by atoms with E-state index in [1.54, 1.807) is 11.4 Å². The topological polar surface area (TPSA) is 75.7 Å². The van der Waals surface area contributed by atoms with Crippen LogP contribution in [0, 0.1) is 12.8 Å². The Bertz CT molecular complexity index is 759. The summed E-state index contributed by atoms with van der Waals surface area (Å²) in [6, 6.07) is 5.55. The predicted octanol–water partition coefficient (Wildman–Crippen LogP) is 2.93. The zero-order valence-electron chi connectivity index (χ0n) is 15.5. The first-order valence-corrected chi connectivity index (χ1v) is 10.8. The van der Waals surface area contributed by atoms with Gasteiger partial charge in [0.05, 0.1) is 12.4 Å². The molecule has 0 spiro atoms. The highest BCUT2D eigenvalue weighted by molar-refractivity contribution is 7.90. The molecule has 1 heterocycles. The summed E-state index contributed by atoms with van der Waals surface area (Å²) in [6.45, 7) is 3.13. The molecule has 1 aromatic rings. The van der Waals surface area contributed by atoms with Crippen LogP contribution < -0.4 is 10.1 Å². The number of nitrogens with zero attached hydrogens (tertiary/aromatic N) is 1. The number of methoxy groups -OCH3 is 1. The van der Waals surface area contributed by atoms with E-state index < -0.39 is 10.0 Å². The highest BCUT2D eigenvalue weighted by atomic mass is 32.2. The summed E-state index contributed by atoms with van der Waals surface area (Å²) in [4.78, 5) is 12.3. The molecular weight excluding hydrogens is 352 g/mol. The minimum Gasteiger partial charge on any atom is -0.497 e. The van der Waals surface area contributed by atoms with Crippen LogP contribution in [0.15, 0.2) is 18.2 Å². The fourth-order valence-corrected chi connectivity index (χ4v) is 5.48. The lowest BCUT2D eigenvalue weighted by Crippen LogP contribution is -2.41. The molecule has 2 fully saturated rings. The molecule has 0 unspecified atom stereocenters. The number of hydrogen-bond acceptors (Lipinski definition) is 4. The van der Waals surface area contributed by atoms with Crippen LogP contribution in [0.4, 0.5) is 5.69 Å². The molecule has 0 aromatic heterocycles. The van der Waals surface area contributed by atoms with Crippen molar-refractivity contribution < 1.29 is 17.9 Å². The first-order valence-electron chi connectivity index (χ1n) is 9.33. The maximum Gasteiger partial charge on any atom is 0.224 e. The minimum atomic E-state index is -3.10. The van der Waals surface area contributed by atoms with Crippen molar-refractivity contribution in [2.45, 2.75) is 50.7 Å². The molecule has 1 atom stereocenters. The largest absolute Gasteiger partial charge is 0.497 e. The van der Waals surface area contributed by atoms with Crippen LogP contribution in [0.5, 0.6) is 5.75 Å². The summed E-state index contributed by atoms with van der Waals surface area (Å²) in [5.74, 6) is 1.00. The van der Waals surface area contributed by atoms with E-state index in [0.717, 1.165) is 49.1 Å². The summed E-state index contributed by atoms with van der Waals surface area (Å²) >= 11 is 0. The Morgan fingerprint density at radius 2 is 2.08 bits per heavy atom. The number of benzene rings is 1. The van der Waals surface area contributed by atoms with Gasteiger partial charge in [0.25, 0.3) is 0 Å². The number of anilines is 1. The molecule has 144 valence electrons. The van der Waals surface area contributed by atoms with Gasteiger partial charge >= 0.3 is 0 Å². The molecule has 0 bridgehead atoms. The van der Waals surface area contributed by atoms with Gasteiger partial charge in [0.2, 0.25) is 15.9 Å². The molecule has 1 aliphatic carbocycles. The van der Waals surface area contributed by atoms with Crippen LogP contribution in [0.1, 0.15) is 44.1 Å². The average Bonchev–Trinajstić information content (AvgIpc) is 3.47. The zero-order valence-corrected chi connectivity index (χ0v) is 16.3. The van der Waals surface area contributed by atoms with Crippen molar-refractivity contribution in [3.05, 3.63) is 23.8 Å². The Morgan fingerprint density at radius 3 is 2.73 bits per heavy atom. The van der Waals surface area contributed by atoms with Crippen LogP contribution in [-0.2, 0) is 14.8 Å². The molecular formula is C19H28N2O4S. The summed E-state index contributed by atoms with van der Waals surface area (Å²) in [5, 5.41) is 2.79. The number of ether oxygens (including phenoxy) is 1.